The quantitative estimate of drug-likeness (QED) is 0.846. The van der Waals surface area contributed by atoms with Gasteiger partial charge in [0, 0.05) is 12.5 Å². The Labute approximate surface area is 144 Å². The third kappa shape index (κ3) is 3.33. The van der Waals surface area contributed by atoms with E-state index in [0.717, 1.165) is 5.56 Å². The number of amides is 1. The number of aliphatic hydroxyl groups is 1. The highest BCUT2D eigenvalue weighted by molar-refractivity contribution is 6.15. The third-order valence-corrected chi connectivity index (χ3v) is 4.18. The molecule has 1 N–H and O–H groups in total. The Morgan fingerprint density at radius 2 is 2.00 bits per heavy atom. The van der Waals surface area contributed by atoms with Gasteiger partial charge in [0.25, 0.3) is 5.91 Å². The van der Waals surface area contributed by atoms with Crippen LogP contribution >= 0.6 is 0 Å². The van der Waals surface area contributed by atoms with Crippen molar-refractivity contribution < 1.29 is 23.5 Å². The summed E-state index contributed by atoms with van der Waals surface area (Å²) in [6.45, 7) is 3.72. The standard InChI is InChI=1S/C19H18FNO4/c1-11(2)21-9-16(18(23)19(21)24)17(22)13-8-15(25-10-13)7-12-3-5-14(20)6-4-12/h3-6,8,10-11,23H,7,9H2,1-2H3. The number of hydrogen-bond donors (Lipinski definition) is 1. The first kappa shape index (κ1) is 17.0. The topological polar surface area (TPSA) is 70.8 Å². The van der Waals surface area contributed by atoms with Crippen molar-refractivity contribution in [3.05, 3.63) is 70.6 Å². The zero-order valence-corrected chi connectivity index (χ0v) is 14.0. The molecule has 0 unspecified atom stereocenters. The molecule has 3 rings (SSSR count). The van der Waals surface area contributed by atoms with Gasteiger partial charge in [0.2, 0.25) is 0 Å². The Balaban J connectivity index is 1.77. The van der Waals surface area contributed by atoms with E-state index in [1.807, 2.05) is 13.8 Å². The number of furan rings is 1. The summed E-state index contributed by atoms with van der Waals surface area (Å²) in [5.41, 5.74) is 1.20. The molecule has 0 spiro atoms. The highest BCUT2D eigenvalue weighted by Crippen LogP contribution is 2.24. The molecule has 130 valence electrons. The molecule has 2 aromatic rings. The van der Waals surface area contributed by atoms with Crippen LogP contribution in [-0.2, 0) is 11.2 Å². The lowest BCUT2D eigenvalue weighted by Crippen LogP contribution is -2.34. The predicted molar refractivity (Wildman–Crippen MR) is 88.7 cm³/mol. The Bertz CT molecular complexity index is 849. The van der Waals surface area contributed by atoms with Crippen molar-refractivity contribution in [2.24, 2.45) is 0 Å². The average Bonchev–Trinajstić information content (AvgIpc) is 3.15. The minimum absolute atomic E-state index is 0.0767. The highest BCUT2D eigenvalue weighted by Gasteiger charge is 2.35. The van der Waals surface area contributed by atoms with E-state index in [1.165, 1.54) is 23.3 Å². The van der Waals surface area contributed by atoms with Crippen LogP contribution in [0.5, 0.6) is 0 Å². The average molecular weight is 343 g/mol. The first-order valence-corrected chi connectivity index (χ1v) is 7.96. The van der Waals surface area contributed by atoms with Crippen molar-refractivity contribution >= 4 is 11.7 Å². The minimum Gasteiger partial charge on any atom is -0.503 e. The van der Waals surface area contributed by atoms with Gasteiger partial charge in [0.1, 0.15) is 17.8 Å². The first-order valence-electron chi connectivity index (χ1n) is 7.96. The molecule has 0 radical (unpaired) electrons. The van der Waals surface area contributed by atoms with Crippen molar-refractivity contribution in [3.8, 4) is 0 Å². The Kier molecular flexibility index (Phi) is 4.44. The molecule has 0 bridgehead atoms. The molecule has 1 aromatic carbocycles. The van der Waals surface area contributed by atoms with Gasteiger partial charge in [-0.1, -0.05) is 12.1 Å². The van der Waals surface area contributed by atoms with Gasteiger partial charge in [0.05, 0.1) is 17.7 Å². The van der Waals surface area contributed by atoms with E-state index in [9.17, 15) is 19.1 Å². The van der Waals surface area contributed by atoms with Gasteiger partial charge in [0.15, 0.2) is 11.5 Å². The minimum atomic E-state index is -0.534. The maximum Gasteiger partial charge on any atom is 0.289 e. The van der Waals surface area contributed by atoms with Crippen molar-refractivity contribution in [3.63, 3.8) is 0 Å². The molecule has 1 aromatic heterocycles. The van der Waals surface area contributed by atoms with Gasteiger partial charge in [-0.3, -0.25) is 9.59 Å². The second-order valence-corrected chi connectivity index (χ2v) is 6.29. The van der Waals surface area contributed by atoms with Crippen LogP contribution in [0.25, 0.3) is 0 Å². The number of benzene rings is 1. The molecule has 2 heterocycles. The maximum absolute atomic E-state index is 12.9. The maximum atomic E-state index is 12.9. The Morgan fingerprint density at radius 1 is 1.32 bits per heavy atom. The fourth-order valence-corrected chi connectivity index (χ4v) is 2.75. The second kappa shape index (κ2) is 6.55. The van der Waals surface area contributed by atoms with Crippen molar-refractivity contribution in [1.82, 2.24) is 4.90 Å². The van der Waals surface area contributed by atoms with Crippen LogP contribution in [0.4, 0.5) is 4.39 Å². The van der Waals surface area contributed by atoms with E-state index in [2.05, 4.69) is 0 Å². The molecule has 1 aliphatic rings. The summed E-state index contributed by atoms with van der Waals surface area (Å²) in [4.78, 5) is 26.0. The number of rotatable bonds is 5. The van der Waals surface area contributed by atoms with E-state index in [4.69, 9.17) is 4.42 Å². The number of nitrogens with zero attached hydrogens (tertiary/aromatic N) is 1. The summed E-state index contributed by atoms with van der Waals surface area (Å²) in [5.74, 6) is -1.24. The Hall–Kier alpha value is -2.89. The summed E-state index contributed by atoms with van der Waals surface area (Å²) in [5, 5.41) is 9.98. The van der Waals surface area contributed by atoms with Gasteiger partial charge in [-0.05, 0) is 37.6 Å². The lowest BCUT2D eigenvalue weighted by atomic mass is 10.0. The fourth-order valence-electron chi connectivity index (χ4n) is 2.75. The number of ketones is 1. The molecule has 1 aliphatic heterocycles. The van der Waals surface area contributed by atoms with Gasteiger partial charge in [-0.25, -0.2) is 4.39 Å². The number of Topliss-reactive ketones (excluding diaryl/α,β-unsaturated/α-hetero) is 1. The Morgan fingerprint density at radius 3 is 2.60 bits per heavy atom. The first-order chi connectivity index (χ1) is 11.9. The SMILES string of the molecule is CC(C)N1CC(C(=O)c2coc(Cc3ccc(F)cc3)c2)=C(O)C1=O. The largest absolute Gasteiger partial charge is 0.503 e. The molecule has 0 saturated heterocycles. The number of carbonyl (C=O) groups is 2. The van der Waals surface area contributed by atoms with Crippen molar-refractivity contribution in [2.45, 2.75) is 26.3 Å². The van der Waals surface area contributed by atoms with Gasteiger partial charge in [-0.15, -0.1) is 0 Å². The summed E-state index contributed by atoms with van der Waals surface area (Å²) in [7, 11) is 0. The summed E-state index contributed by atoms with van der Waals surface area (Å²) in [6.07, 6.45) is 1.72. The lowest BCUT2D eigenvalue weighted by molar-refractivity contribution is -0.129. The molecule has 0 saturated carbocycles. The van der Waals surface area contributed by atoms with E-state index < -0.39 is 17.4 Å². The van der Waals surface area contributed by atoms with Gasteiger partial charge in [-0.2, -0.15) is 0 Å². The molecule has 0 atom stereocenters. The smallest absolute Gasteiger partial charge is 0.289 e. The van der Waals surface area contributed by atoms with Gasteiger partial charge >= 0.3 is 0 Å². The fraction of sp³-hybridized carbons (Fsp3) is 0.263. The molecular weight excluding hydrogens is 325 g/mol. The normalized spacial score (nSPS) is 14.7. The molecule has 1 amide bonds. The van der Waals surface area contributed by atoms with Crippen LogP contribution in [0.15, 0.2) is 52.3 Å². The monoisotopic (exact) mass is 343 g/mol. The lowest BCUT2D eigenvalue weighted by Gasteiger charge is -2.20. The van der Waals surface area contributed by atoms with E-state index >= 15 is 0 Å². The molecule has 6 heteroatoms. The van der Waals surface area contributed by atoms with Crippen LogP contribution in [0.3, 0.4) is 0 Å². The molecular formula is C19H18FNO4. The van der Waals surface area contributed by atoms with Crippen LogP contribution in [0, 0.1) is 5.82 Å². The van der Waals surface area contributed by atoms with Crippen molar-refractivity contribution in [1.29, 1.82) is 0 Å². The number of hydrogen-bond acceptors (Lipinski definition) is 4. The predicted octanol–water partition coefficient (Wildman–Crippen LogP) is 3.25. The van der Waals surface area contributed by atoms with Gasteiger partial charge < -0.3 is 14.4 Å². The zero-order valence-electron chi connectivity index (χ0n) is 14.0. The summed E-state index contributed by atoms with van der Waals surface area (Å²) in [6, 6.07) is 7.47. The van der Waals surface area contributed by atoms with Crippen LogP contribution in [0.1, 0.15) is 35.5 Å². The molecule has 0 fully saturated rings. The van der Waals surface area contributed by atoms with E-state index in [1.54, 1.807) is 18.2 Å². The molecule has 25 heavy (non-hydrogen) atoms. The zero-order chi connectivity index (χ0) is 18.1. The van der Waals surface area contributed by atoms with E-state index in [0.29, 0.717) is 12.2 Å². The van der Waals surface area contributed by atoms with Crippen LogP contribution in [-0.4, -0.2) is 34.3 Å². The third-order valence-electron chi connectivity index (χ3n) is 4.18. The van der Waals surface area contributed by atoms with Crippen LogP contribution in [0.2, 0.25) is 0 Å². The number of aliphatic hydroxyl groups excluding tert-OH is 1. The number of halogens is 1. The van der Waals surface area contributed by atoms with E-state index in [-0.39, 0.29) is 29.5 Å². The summed E-state index contributed by atoms with van der Waals surface area (Å²) >= 11 is 0. The second-order valence-electron chi connectivity index (χ2n) is 6.29. The van der Waals surface area contributed by atoms with Crippen LogP contribution < -0.4 is 0 Å². The number of carbonyl (C=O) groups excluding carboxylic acids is 2. The molecule has 5 nitrogen and oxygen atoms in total. The van der Waals surface area contributed by atoms with Crippen molar-refractivity contribution in [2.75, 3.05) is 6.54 Å². The summed E-state index contributed by atoms with van der Waals surface area (Å²) < 4.78 is 18.3. The highest BCUT2D eigenvalue weighted by atomic mass is 19.1. The molecule has 0 aliphatic carbocycles.